The summed E-state index contributed by atoms with van der Waals surface area (Å²) in [6.07, 6.45) is 4.17. The Labute approximate surface area is 133 Å². The summed E-state index contributed by atoms with van der Waals surface area (Å²) in [6.45, 7) is 0. The van der Waals surface area contributed by atoms with Gasteiger partial charge in [-0.05, 0) is 42.5 Å². The molecule has 1 aliphatic heterocycles. The van der Waals surface area contributed by atoms with Crippen molar-refractivity contribution in [3.63, 3.8) is 0 Å². The maximum Gasteiger partial charge on any atom is 0.287 e. The van der Waals surface area contributed by atoms with E-state index in [9.17, 15) is 9.59 Å². The summed E-state index contributed by atoms with van der Waals surface area (Å²) in [5.74, 6) is -0.341. The van der Waals surface area contributed by atoms with Crippen molar-refractivity contribution in [2.24, 2.45) is 10.2 Å². The first-order valence-corrected chi connectivity index (χ1v) is 7.67. The molecule has 0 saturated heterocycles. The highest BCUT2D eigenvalue weighted by molar-refractivity contribution is 6.30. The molecule has 0 aromatic heterocycles. The molecule has 2 atom stereocenters. The van der Waals surface area contributed by atoms with Gasteiger partial charge in [0.2, 0.25) is 5.91 Å². The first kappa shape index (κ1) is 14.9. The molecule has 0 bridgehead atoms. The van der Waals surface area contributed by atoms with Gasteiger partial charge in [-0.15, -0.1) is 5.11 Å². The second-order valence-corrected chi connectivity index (χ2v) is 6.08. The Bertz CT molecular complexity index is 669. The van der Waals surface area contributed by atoms with E-state index in [0.717, 1.165) is 24.0 Å². The molecule has 2 aliphatic rings. The molecule has 1 aromatic carbocycles. The number of amides is 2. The number of carbonyl (C=O) groups excluding carboxylic acids is 2. The van der Waals surface area contributed by atoms with Crippen molar-refractivity contribution < 1.29 is 9.59 Å². The van der Waals surface area contributed by atoms with Gasteiger partial charge in [0.05, 0.1) is 12.5 Å². The van der Waals surface area contributed by atoms with Crippen molar-refractivity contribution in [1.82, 2.24) is 5.32 Å². The molecule has 0 radical (unpaired) electrons. The Kier molecular flexibility index (Phi) is 4.34. The fourth-order valence-corrected chi connectivity index (χ4v) is 3.12. The van der Waals surface area contributed by atoms with Crippen LogP contribution in [0.5, 0.6) is 0 Å². The van der Waals surface area contributed by atoms with Crippen LogP contribution in [0.1, 0.15) is 24.8 Å². The van der Waals surface area contributed by atoms with Gasteiger partial charge in [0.1, 0.15) is 0 Å². The van der Waals surface area contributed by atoms with Gasteiger partial charge in [-0.1, -0.05) is 23.7 Å². The van der Waals surface area contributed by atoms with E-state index in [4.69, 9.17) is 11.6 Å². The Morgan fingerprint density at radius 3 is 3.05 bits per heavy atom. The second kappa shape index (κ2) is 6.40. The molecule has 1 fully saturated rings. The summed E-state index contributed by atoms with van der Waals surface area (Å²) in [5, 5.41) is 11.2. The van der Waals surface area contributed by atoms with Crippen molar-refractivity contribution in [2.75, 3.05) is 0 Å². The molecule has 6 heteroatoms. The Hall–Kier alpha value is -2.01. The van der Waals surface area contributed by atoms with E-state index in [2.05, 4.69) is 15.5 Å². The van der Waals surface area contributed by atoms with E-state index < -0.39 is 0 Å². The minimum Gasteiger partial charge on any atom is -0.353 e. The lowest BCUT2D eigenvalue weighted by molar-refractivity contribution is -0.121. The highest BCUT2D eigenvalue weighted by Gasteiger charge is 2.29. The molecule has 3 rings (SSSR count). The third kappa shape index (κ3) is 3.60. The van der Waals surface area contributed by atoms with Crippen LogP contribution >= 0.6 is 11.6 Å². The molecule has 1 aromatic rings. The molecule has 2 amide bonds. The van der Waals surface area contributed by atoms with Crippen molar-refractivity contribution in [1.29, 1.82) is 0 Å². The summed E-state index contributed by atoms with van der Waals surface area (Å²) >= 11 is 5.92. The third-order valence-corrected chi connectivity index (χ3v) is 4.16. The van der Waals surface area contributed by atoms with Crippen LogP contribution in [0.4, 0.5) is 0 Å². The van der Waals surface area contributed by atoms with Crippen LogP contribution in [0.3, 0.4) is 0 Å². The Morgan fingerprint density at radius 1 is 1.36 bits per heavy atom. The van der Waals surface area contributed by atoms with Crippen LogP contribution < -0.4 is 5.32 Å². The van der Waals surface area contributed by atoms with Crippen molar-refractivity contribution in [3.8, 4) is 0 Å². The van der Waals surface area contributed by atoms with Crippen LogP contribution in [0.15, 0.2) is 46.1 Å². The highest BCUT2D eigenvalue weighted by Crippen LogP contribution is 2.29. The van der Waals surface area contributed by atoms with Gasteiger partial charge in [0.25, 0.3) is 5.91 Å². The molecule has 1 heterocycles. The Morgan fingerprint density at radius 2 is 2.23 bits per heavy atom. The van der Waals surface area contributed by atoms with E-state index in [1.54, 1.807) is 18.2 Å². The van der Waals surface area contributed by atoms with Gasteiger partial charge in [-0.2, -0.15) is 5.11 Å². The average molecular weight is 318 g/mol. The molecule has 1 N–H and O–H groups in total. The van der Waals surface area contributed by atoms with Gasteiger partial charge >= 0.3 is 0 Å². The number of nitrogens with one attached hydrogen (secondary N) is 1. The summed E-state index contributed by atoms with van der Waals surface area (Å²) in [5.41, 5.74) is 1.86. The number of benzene rings is 1. The quantitative estimate of drug-likeness (QED) is 0.931. The van der Waals surface area contributed by atoms with Gasteiger partial charge in [0.15, 0.2) is 0 Å². The van der Waals surface area contributed by atoms with Crippen LogP contribution in [0.2, 0.25) is 5.02 Å². The lowest BCUT2D eigenvalue weighted by Gasteiger charge is -2.30. The van der Waals surface area contributed by atoms with Gasteiger partial charge < -0.3 is 5.32 Å². The first-order valence-electron chi connectivity index (χ1n) is 7.29. The zero-order valence-corrected chi connectivity index (χ0v) is 12.7. The molecule has 22 heavy (non-hydrogen) atoms. The number of azo groups is 1. The maximum absolute atomic E-state index is 12.1. The van der Waals surface area contributed by atoms with Crippen molar-refractivity contribution in [3.05, 3.63) is 46.5 Å². The molecular formula is C16H16ClN3O2. The predicted molar refractivity (Wildman–Crippen MR) is 82.7 cm³/mol. The lowest BCUT2D eigenvalue weighted by atomic mass is 9.86. The van der Waals surface area contributed by atoms with E-state index in [0.29, 0.717) is 17.9 Å². The minimum atomic E-state index is -0.308. The van der Waals surface area contributed by atoms with Crippen molar-refractivity contribution in [2.45, 2.75) is 37.8 Å². The fourth-order valence-electron chi connectivity index (χ4n) is 2.90. The molecule has 114 valence electrons. The molecular weight excluding hydrogens is 302 g/mol. The zero-order chi connectivity index (χ0) is 15.5. The number of hydrogen-bond acceptors (Lipinski definition) is 3. The van der Waals surface area contributed by atoms with Gasteiger partial charge in [0, 0.05) is 17.1 Å². The topological polar surface area (TPSA) is 70.9 Å². The molecule has 1 aliphatic carbocycles. The Balaban J connectivity index is 1.57. The smallest absolute Gasteiger partial charge is 0.287 e. The van der Waals surface area contributed by atoms with E-state index >= 15 is 0 Å². The second-order valence-electron chi connectivity index (χ2n) is 5.64. The van der Waals surface area contributed by atoms with E-state index in [-0.39, 0.29) is 23.9 Å². The number of carbonyl (C=O) groups is 2. The number of rotatable bonds is 3. The largest absolute Gasteiger partial charge is 0.353 e. The van der Waals surface area contributed by atoms with E-state index in [1.165, 1.54) is 0 Å². The standard InChI is InChI=1S/C16H16ClN3O2/c17-12-3-1-2-10(6-12)7-15(21)18-13-4-5-14-11(8-13)9-16(22)20-19-14/h1-3,6,9,13-14H,4-5,7-8H2,(H,18,21). The van der Waals surface area contributed by atoms with Crippen LogP contribution in [-0.2, 0) is 16.0 Å². The number of nitrogens with zero attached hydrogens (tertiary/aromatic N) is 2. The molecule has 1 saturated carbocycles. The average Bonchev–Trinajstić information content (AvgIpc) is 2.46. The fraction of sp³-hybridized carbons (Fsp3) is 0.375. The predicted octanol–water partition coefficient (Wildman–Crippen LogP) is 2.84. The van der Waals surface area contributed by atoms with E-state index in [1.807, 2.05) is 12.1 Å². The summed E-state index contributed by atoms with van der Waals surface area (Å²) < 4.78 is 0. The van der Waals surface area contributed by atoms with Crippen LogP contribution in [-0.4, -0.2) is 23.9 Å². The lowest BCUT2D eigenvalue weighted by Crippen LogP contribution is -2.40. The van der Waals surface area contributed by atoms with Crippen LogP contribution in [0, 0.1) is 0 Å². The summed E-state index contributed by atoms with van der Waals surface area (Å²) in [4.78, 5) is 23.4. The third-order valence-electron chi connectivity index (χ3n) is 3.92. The minimum absolute atomic E-state index is 0.0128. The number of fused-ring (bicyclic) bond motifs is 1. The molecule has 0 spiro atoms. The van der Waals surface area contributed by atoms with Gasteiger partial charge in [-0.25, -0.2) is 0 Å². The van der Waals surface area contributed by atoms with Gasteiger partial charge in [-0.3, -0.25) is 9.59 Å². The number of hydrogen-bond donors (Lipinski definition) is 1. The van der Waals surface area contributed by atoms with Crippen LogP contribution in [0.25, 0.3) is 0 Å². The maximum atomic E-state index is 12.1. The highest BCUT2D eigenvalue weighted by atomic mass is 35.5. The zero-order valence-electron chi connectivity index (χ0n) is 12.0. The number of halogens is 1. The summed E-state index contributed by atoms with van der Waals surface area (Å²) in [7, 11) is 0. The molecule has 2 unspecified atom stereocenters. The van der Waals surface area contributed by atoms with Crippen molar-refractivity contribution >= 4 is 23.4 Å². The normalized spacial score (nSPS) is 23.7. The monoisotopic (exact) mass is 317 g/mol. The first-order chi connectivity index (χ1) is 10.6. The summed E-state index contributed by atoms with van der Waals surface area (Å²) in [6, 6.07) is 7.35. The SMILES string of the molecule is O=C1C=C2CC(NC(=O)Cc3cccc(Cl)c3)CCC2N=N1. The molecule has 5 nitrogen and oxygen atoms in total.